The molecule has 2 N–H and O–H groups in total. The van der Waals surface area contributed by atoms with Crippen LogP contribution in [0.4, 0.5) is 0 Å². The zero-order chi connectivity index (χ0) is 14.5. The Balaban J connectivity index is 2.36. The molecule has 0 bridgehead atoms. The van der Waals surface area contributed by atoms with Gasteiger partial charge < -0.3 is 19.7 Å². The van der Waals surface area contributed by atoms with Gasteiger partial charge >= 0.3 is 5.97 Å². The highest BCUT2D eigenvalue weighted by Crippen LogP contribution is 2.26. The quantitative estimate of drug-likeness (QED) is 0.843. The second kappa shape index (κ2) is 6.36. The van der Waals surface area contributed by atoms with E-state index in [1.807, 2.05) is 24.3 Å². The highest BCUT2D eigenvalue weighted by atomic mass is 16.5. The number of carbonyl (C=O) groups is 1. The number of rotatable bonds is 6. The Bertz CT molecular complexity index is 608. The number of ether oxygens (including phenoxy) is 2. The van der Waals surface area contributed by atoms with Crippen molar-refractivity contribution in [2.45, 2.75) is 6.10 Å². The van der Waals surface area contributed by atoms with Crippen molar-refractivity contribution in [2.24, 2.45) is 0 Å². The zero-order valence-corrected chi connectivity index (χ0v) is 11.1. The second-order valence-corrected chi connectivity index (χ2v) is 4.29. The van der Waals surface area contributed by atoms with Crippen LogP contribution in [0.25, 0.3) is 10.8 Å². The average Bonchev–Trinajstić information content (AvgIpc) is 2.46. The van der Waals surface area contributed by atoms with Gasteiger partial charge in [-0.15, -0.1) is 0 Å². The van der Waals surface area contributed by atoms with E-state index < -0.39 is 12.1 Å². The van der Waals surface area contributed by atoms with Crippen LogP contribution in [0.3, 0.4) is 0 Å². The van der Waals surface area contributed by atoms with Crippen molar-refractivity contribution >= 4 is 16.7 Å². The van der Waals surface area contributed by atoms with Crippen molar-refractivity contribution in [3.63, 3.8) is 0 Å². The lowest BCUT2D eigenvalue weighted by atomic mass is 10.0. The van der Waals surface area contributed by atoms with Crippen molar-refractivity contribution < 1.29 is 24.5 Å². The SMILES string of the molecule is COc1ccc2cc(C(OCCO)C(=O)O)ccc2c1. The fraction of sp³-hybridized carbons (Fsp3) is 0.267. The third kappa shape index (κ3) is 3.07. The van der Waals surface area contributed by atoms with Gasteiger partial charge in [-0.2, -0.15) is 0 Å². The second-order valence-electron chi connectivity index (χ2n) is 4.29. The standard InChI is InChI=1S/C15H16O5/c1-19-13-5-4-10-8-12(3-2-11(10)9-13)14(15(17)18)20-7-6-16/h2-5,8-9,14,16H,6-7H2,1H3,(H,17,18). The third-order valence-electron chi connectivity index (χ3n) is 2.97. The summed E-state index contributed by atoms with van der Waals surface area (Å²) in [4.78, 5) is 11.2. The minimum absolute atomic E-state index is 0.0163. The van der Waals surface area contributed by atoms with Gasteiger partial charge in [-0.05, 0) is 34.5 Å². The van der Waals surface area contributed by atoms with Crippen LogP contribution < -0.4 is 4.74 Å². The molecular formula is C15H16O5. The molecule has 2 aromatic carbocycles. The molecule has 0 saturated carbocycles. The number of hydrogen-bond acceptors (Lipinski definition) is 4. The van der Waals surface area contributed by atoms with Crippen LogP contribution in [0.1, 0.15) is 11.7 Å². The third-order valence-corrected chi connectivity index (χ3v) is 2.97. The van der Waals surface area contributed by atoms with Crippen LogP contribution in [-0.2, 0) is 9.53 Å². The monoisotopic (exact) mass is 276 g/mol. The maximum absolute atomic E-state index is 11.2. The number of aliphatic hydroxyl groups is 1. The molecule has 0 aliphatic carbocycles. The summed E-state index contributed by atoms with van der Waals surface area (Å²) in [5.74, 6) is -0.331. The summed E-state index contributed by atoms with van der Waals surface area (Å²) >= 11 is 0. The summed E-state index contributed by atoms with van der Waals surface area (Å²) < 4.78 is 10.3. The molecule has 0 heterocycles. The van der Waals surface area contributed by atoms with Crippen LogP contribution in [0, 0.1) is 0 Å². The number of aliphatic hydroxyl groups excluding tert-OH is 1. The van der Waals surface area contributed by atoms with Crippen molar-refractivity contribution in [1.82, 2.24) is 0 Å². The molecule has 5 heteroatoms. The van der Waals surface area contributed by atoms with Gasteiger partial charge in [0.05, 0.1) is 20.3 Å². The molecule has 0 aliphatic rings. The first-order chi connectivity index (χ1) is 9.65. The van der Waals surface area contributed by atoms with Crippen molar-refractivity contribution in [1.29, 1.82) is 0 Å². The molecule has 5 nitrogen and oxygen atoms in total. The molecule has 0 amide bonds. The molecule has 2 rings (SSSR count). The Labute approximate surface area is 116 Å². The fourth-order valence-corrected chi connectivity index (χ4v) is 2.01. The van der Waals surface area contributed by atoms with Gasteiger partial charge in [-0.25, -0.2) is 4.79 Å². The lowest BCUT2D eigenvalue weighted by Crippen LogP contribution is -2.17. The molecule has 0 aromatic heterocycles. The Kier molecular flexibility index (Phi) is 4.55. The molecule has 106 valence electrons. The van der Waals surface area contributed by atoms with Crippen LogP contribution in [0.15, 0.2) is 36.4 Å². The molecule has 0 spiro atoms. The van der Waals surface area contributed by atoms with E-state index in [0.717, 1.165) is 16.5 Å². The van der Waals surface area contributed by atoms with E-state index in [1.165, 1.54) is 0 Å². The van der Waals surface area contributed by atoms with Gasteiger partial charge in [-0.1, -0.05) is 18.2 Å². The largest absolute Gasteiger partial charge is 0.497 e. The maximum Gasteiger partial charge on any atom is 0.337 e. The number of hydrogen-bond donors (Lipinski definition) is 2. The van der Waals surface area contributed by atoms with Crippen molar-refractivity contribution in [3.05, 3.63) is 42.0 Å². The normalized spacial score (nSPS) is 12.3. The van der Waals surface area contributed by atoms with Gasteiger partial charge in [0, 0.05) is 0 Å². The minimum atomic E-state index is -1.08. The van der Waals surface area contributed by atoms with E-state index in [-0.39, 0.29) is 13.2 Å². The number of carboxylic acids is 1. The van der Waals surface area contributed by atoms with Crippen LogP contribution in [-0.4, -0.2) is 36.5 Å². The summed E-state index contributed by atoms with van der Waals surface area (Å²) in [7, 11) is 1.60. The fourth-order valence-electron chi connectivity index (χ4n) is 2.01. The first-order valence-corrected chi connectivity index (χ1v) is 6.18. The Hall–Kier alpha value is -2.11. The van der Waals surface area contributed by atoms with Crippen LogP contribution in [0.5, 0.6) is 5.75 Å². The van der Waals surface area contributed by atoms with Gasteiger partial charge in [0.15, 0.2) is 6.10 Å². The van der Waals surface area contributed by atoms with Gasteiger partial charge in [0.1, 0.15) is 5.75 Å². The van der Waals surface area contributed by atoms with Gasteiger partial charge in [-0.3, -0.25) is 0 Å². The summed E-state index contributed by atoms with van der Waals surface area (Å²) in [6.45, 7) is -0.230. The first kappa shape index (κ1) is 14.3. The van der Waals surface area contributed by atoms with Gasteiger partial charge in [0.25, 0.3) is 0 Å². The number of carboxylic acid groups (broad SMARTS) is 1. The number of fused-ring (bicyclic) bond motifs is 1. The smallest absolute Gasteiger partial charge is 0.337 e. The molecular weight excluding hydrogens is 260 g/mol. The summed E-state index contributed by atoms with van der Waals surface area (Å²) in [5.41, 5.74) is 0.545. The number of benzene rings is 2. The summed E-state index contributed by atoms with van der Waals surface area (Å²) in [6.07, 6.45) is -1.08. The van der Waals surface area contributed by atoms with E-state index in [4.69, 9.17) is 14.6 Å². The Morgan fingerprint density at radius 2 is 1.90 bits per heavy atom. The maximum atomic E-state index is 11.2. The van der Waals surface area contributed by atoms with E-state index in [2.05, 4.69) is 0 Å². The van der Waals surface area contributed by atoms with Gasteiger partial charge in [0.2, 0.25) is 0 Å². The van der Waals surface area contributed by atoms with E-state index in [9.17, 15) is 9.90 Å². The highest BCUT2D eigenvalue weighted by Gasteiger charge is 2.20. The Morgan fingerprint density at radius 1 is 1.20 bits per heavy atom. The highest BCUT2D eigenvalue weighted by molar-refractivity contribution is 5.86. The molecule has 0 saturated heterocycles. The average molecular weight is 276 g/mol. The molecule has 2 aromatic rings. The molecule has 0 fully saturated rings. The van der Waals surface area contributed by atoms with Crippen molar-refractivity contribution in [2.75, 3.05) is 20.3 Å². The van der Waals surface area contributed by atoms with Crippen LogP contribution >= 0.6 is 0 Å². The topological polar surface area (TPSA) is 76.0 Å². The summed E-state index contributed by atoms with van der Waals surface area (Å²) in [6, 6.07) is 10.9. The lowest BCUT2D eigenvalue weighted by Gasteiger charge is -2.14. The summed E-state index contributed by atoms with van der Waals surface area (Å²) in [5, 5.41) is 19.8. The minimum Gasteiger partial charge on any atom is -0.497 e. The van der Waals surface area contributed by atoms with Crippen LogP contribution in [0.2, 0.25) is 0 Å². The molecule has 0 radical (unpaired) electrons. The molecule has 1 unspecified atom stereocenters. The molecule has 20 heavy (non-hydrogen) atoms. The van der Waals surface area contributed by atoms with E-state index >= 15 is 0 Å². The lowest BCUT2D eigenvalue weighted by molar-refractivity contribution is -0.151. The molecule has 1 atom stereocenters. The number of methoxy groups -OCH3 is 1. The first-order valence-electron chi connectivity index (χ1n) is 6.18. The zero-order valence-electron chi connectivity index (χ0n) is 11.1. The van der Waals surface area contributed by atoms with Crippen molar-refractivity contribution in [3.8, 4) is 5.75 Å². The molecule has 0 aliphatic heterocycles. The Morgan fingerprint density at radius 3 is 2.55 bits per heavy atom. The number of aliphatic carboxylic acids is 1. The van der Waals surface area contributed by atoms with E-state index in [1.54, 1.807) is 19.2 Å². The predicted molar refractivity (Wildman–Crippen MR) is 73.9 cm³/mol. The predicted octanol–water partition coefficient (Wildman–Crippen LogP) is 1.98. The van der Waals surface area contributed by atoms with E-state index in [0.29, 0.717) is 5.56 Å².